The number of nitro benzene ring substituents is 1. The molecule has 0 saturated carbocycles. The SMILES string of the molecule is Cc1ccc(C(=O)OC2CN(c3nc4ccc(F)cc4s3)C2)cc1[N+](=O)[O-]. The van der Waals surface area contributed by atoms with Crippen LogP contribution in [0.4, 0.5) is 15.2 Å². The van der Waals surface area contributed by atoms with Gasteiger partial charge >= 0.3 is 5.97 Å². The van der Waals surface area contributed by atoms with Crippen molar-refractivity contribution in [2.75, 3.05) is 18.0 Å². The number of ether oxygens (including phenoxy) is 1. The Bertz CT molecular complexity index is 1060. The molecule has 1 aliphatic rings. The normalized spacial score (nSPS) is 14.2. The predicted octanol–water partition coefficient (Wildman–Crippen LogP) is 3.70. The number of carbonyl (C=O) groups is 1. The molecule has 7 nitrogen and oxygen atoms in total. The van der Waals surface area contributed by atoms with Crippen LogP contribution in [0.2, 0.25) is 0 Å². The second-order valence-corrected chi connectivity index (χ2v) is 7.31. The Morgan fingerprint density at radius 1 is 1.33 bits per heavy atom. The fraction of sp³-hybridized carbons (Fsp3) is 0.222. The highest BCUT2D eigenvalue weighted by atomic mass is 32.1. The van der Waals surface area contributed by atoms with Crippen LogP contribution in [0.5, 0.6) is 0 Å². The van der Waals surface area contributed by atoms with Crippen LogP contribution < -0.4 is 4.90 Å². The molecule has 1 aromatic heterocycles. The minimum Gasteiger partial charge on any atom is -0.455 e. The first-order valence-electron chi connectivity index (χ1n) is 8.18. The number of nitro groups is 1. The van der Waals surface area contributed by atoms with Gasteiger partial charge in [-0.15, -0.1) is 0 Å². The number of nitrogens with zero attached hydrogens (tertiary/aromatic N) is 3. The number of hydrogen-bond donors (Lipinski definition) is 0. The summed E-state index contributed by atoms with van der Waals surface area (Å²) in [6.07, 6.45) is -0.318. The minimum atomic E-state index is -0.589. The van der Waals surface area contributed by atoms with Crippen molar-refractivity contribution in [1.29, 1.82) is 0 Å². The van der Waals surface area contributed by atoms with Gasteiger partial charge in [-0.25, -0.2) is 14.2 Å². The van der Waals surface area contributed by atoms with Gasteiger partial charge in [0, 0.05) is 11.6 Å². The largest absolute Gasteiger partial charge is 0.455 e. The van der Waals surface area contributed by atoms with Crippen molar-refractivity contribution in [3.05, 3.63) is 63.5 Å². The molecule has 4 rings (SSSR count). The van der Waals surface area contributed by atoms with Gasteiger partial charge in [0.05, 0.1) is 33.8 Å². The van der Waals surface area contributed by atoms with Crippen molar-refractivity contribution in [3.8, 4) is 0 Å². The van der Waals surface area contributed by atoms with Gasteiger partial charge in [-0.2, -0.15) is 0 Å². The molecule has 27 heavy (non-hydrogen) atoms. The molecule has 0 bridgehead atoms. The molecule has 0 N–H and O–H groups in total. The van der Waals surface area contributed by atoms with E-state index < -0.39 is 10.9 Å². The molecule has 0 amide bonds. The second-order valence-electron chi connectivity index (χ2n) is 6.30. The van der Waals surface area contributed by atoms with Gasteiger partial charge in [-0.05, 0) is 31.2 Å². The number of carbonyl (C=O) groups excluding carboxylic acids is 1. The molecule has 2 heterocycles. The zero-order chi connectivity index (χ0) is 19.1. The smallest absolute Gasteiger partial charge is 0.338 e. The summed E-state index contributed by atoms with van der Waals surface area (Å²) in [5, 5.41) is 11.7. The molecule has 138 valence electrons. The van der Waals surface area contributed by atoms with E-state index in [4.69, 9.17) is 4.74 Å². The van der Waals surface area contributed by atoms with Crippen LogP contribution in [0, 0.1) is 22.9 Å². The maximum absolute atomic E-state index is 13.3. The summed E-state index contributed by atoms with van der Waals surface area (Å²) < 4.78 is 19.4. The fourth-order valence-corrected chi connectivity index (χ4v) is 3.85. The number of fused-ring (bicyclic) bond motifs is 1. The van der Waals surface area contributed by atoms with E-state index in [2.05, 4.69) is 4.98 Å². The fourth-order valence-electron chi connectivity index (χ4n) is 2.84. The zero-order valence-electron chi connectivity index (χ0n) is 14.2. The molecule has 1 aliphatic heterocycles. The highest BCUT2D eigenvalue weighted by molar-refractivity contribution is 7.22. The molecule has 3 aromatic rings. The monoisotopic (exact) mass is 387 g/mol. The number of benzene rings is 2. The summed E-state index contributed by atoms with van der Waals surface area (Å²) in [5.74, 6) is -0.894. The van der Waals surface area contributed by atoms with E-state index in [1.807, 2.05) is 4.90 Å². The van der Waals surface area contributed by atoms with Crippen LogP contribution in [0.25, 0.3) is 10.2 Å². The predicted molar refractivity (Wildman–Crippen MR) is 98.8 cm³/mol. The standard InChI is InChI=1S/C18H14FN3O4S/c1-10-2-3-11(6-15(10)22(24)25)17(23)26-13-8-21(9-13)18-20-14-5-4-12(19)7-16(14)27-18/h2-7,13H,8-9H2,1H3. The molecule has 0 unspecified atom stereocenters. The van der Waals surface area contributed by atoms with E-state index in [1.165, 1.54) is 41.7 Å². The number of thiazole rings is 1. The third-order valence-corrected chi connectivity index (χ3v) is 5.45. The number of aromatic nitrogens is 1. The van der Waals surface area contributed by atoms with Gasteiger partial charge in [0.2, 0.25) is 0 Å². The Hall–Kier alpha value is -3.07. The van der Waals surface area contributed by atoms with Gasteiger partial charge in [-0.1, -0.05) is 17.4 Å². The van der Waals surface area contributed by atoms with Gasteiger partial charge < -0.3 is 9.64 Å². The van der Waals surface area contributed by atoms with Crippen molar-refractivity contribution in [3.63, 3.8) is 0 Å². The van der Waals surface area contributed by atoms with E-state index >= 15 is 0 Å². The van der Waals surface area contributed by atoms with Crippen LogP contribution in [0.3, 0.4) is 0 Å². The van der Waals surface area contributed by atoms with Gasteiger partial charge in [0.15, 0.2) is 5.13 Å². The van der Waals surface area contributed by atoms with Crippen LogP contribution in [-0.2, 0) is 4.74 Å². The molecule has 9 heteroatoms. The first-order valence-corrected chi connectivity index (χ1v) is 8.99. The molecule has 1 saturated heterocycles. The lowest BCUT2D eigenvalue weighted by molar-refractivity contribution is -0.385. The Morgan fingerprint density at radius 2 is 2.11 bits per heavy atom. The molecular weight excluding hydrogens is 373 g/mol. The summed E-state index contributed by atoms with van der Waals surface area (Å²) >= 11 is 1.38. The lowest BCUT2D eigenvalue weighted by atomic mass is 10.1. The van der Waals surface area contributed by atoms with Crippen molar-refractivity contribution < 1.29 is 18.8 Å². The third kappa shape index (κ3) is 3.33. The number of hydrogen-bond acceptors (Lipinski definition) is 7. The van der Waals surface area contributed by atoms with E-state index in [1.54, 1.807) is 13.0 Å². The summed E-state index contributed by atoms with van der Waals surface area (Å²) in [7, 11) is 0. The number of rotatable bonds is 4. The molecule has 2 aromatic carbocycles. The molecule has 0 aliphatic carbocycles. The Labute approximate surface area is 157 Å². The number of halogens is 1. The van der Waals surface area contributed by atoms with Crippen LogP contribution in [0.15, 0.2) is 36.4 Å². The van der Waals surface area contributed by atoms with E-state index in [0.717, 1.165) is 15.3 Å². The van der Waals surface area contributed by atoms with Gasteiger partial charge in [0.25, 0.3) is 5.69 Å². The molecular formula is C18H14FN3O4S. The molecule has 0 radical (unpaired) electrons. The lowest BCUT2D eigenvalue weighted by Gasteiger charge is -2.38. The van der Waals surface area contributed by atoms with Gasteiger partial charge in [-0.3, -0.25) is 10.1 Å². The van der Waals surface area contributed by atoms with Crippen LogP contribution in [-0.4, -0.2) is 35.1 Å². The van der Waals surface area contributed by atoms with Crippen LogP contribution >= 0.6 is 11.3 Å². The molecule has 1 fully saturated rings. The number of esters is 1. The van der Waals surface area contributed by atoms with Crippen molar-refractivity contribution in [2.24, 2.45) is 0 Å². The molecule has 0 spiro atoms. The highest BCUT2D eigenvalue weighted by Crippen LogP contribution is 2.32. The summed E-state index contributed by atoms with van der Waals surface area (Å²) in [4.78, 5) is 29.1. The quantitative estimate of drug-likeness (QED) is 0.385. The Kier molecular flexibility index (Phi) is 4.23. The van der Waals surface area contributed by atoms with Crippen molar-refractivity contribution in [2.45, 2.75) is 13.0 Å². The third-order valence-electron chi connectivity index (χ3n) is 4.37. The van der Waals surface area contributed by atoms with E-state index in [-0.39, 0.29) is 23.2 Å². The molecule has 0 atom stereocenters. The Morgan fingerprint density at radius 3 is 2.85 bits per heavy atom. The summed E-state index contributed by atoms with van der Waals surface area (Å²) in [6, 6.07) is 8.72. The summed E-state index contributed by atoms with van der Waals surface area (Å²) in [6.45, 7) is 2.56. The maximum Gasteiger partial charge on any atom is 0.338 e. The first-order chi connectivity index (χ1) is 12.9. The topological polar surface area (TPSA) is 85.6 Å². The van der Waals surface area contributed by atoms with E-state index in [9.17, 15) is 19.3 Å². The van der Waals surface area contributed by atoms with E-state index in [0.29, 0.717) is 18.7 Å². The number of anilines is 1. The maximum atomic E-state index is 13.3. The van der Waals surface area contributed by atoms with Crippen LogP contribution in [0.1, 0.15) is 15.9 Å². The summed E-state index contributed by atoms with van der Waals surface area (Å²) in [5.41, 5.74) is 1.25. The first kappa shape index (κ1) is 17.3. The second kappa shape index (κ2) is 6.58. The zero-order valence-corrected chi connectivity index (χ0v) is 15.0. The highest BCUT2D eigenvalue weighted by Gasteiger charge is 2.32. The average Bonchev–Trinajstić information content (AvgIpc) is 2.99. The lowest BCUT2D eigenvalue weighted by Crippen LogP contribution is -2.53. The minimum absolute atomic E-state index is 0.110. The van der Waals surface area contributed by atoms with Gasteiger partial charge in [0.1, 0.15) is 11.9 Å². The Balaban J connectivity index is 1.40. The average molecular weight is 387 g/mol. The van der Waals surface area contributed by atoms with Crippen molar-refractivity contribution >= 4 is 38.3 Å². The number of aryl methyl sites for hydroxylation is 1. The van der Waals surface area contributed by atoms with Crippen molar-refractivity contribution in [1.82, 2.24) is 4.98 Å².